The average molecular weight is 351 g/mol. The Morgan fingerprint density at radius 2 is 1.96 bits per heavy atom. The molecule has 1 aromatic carbocycles. The van der Waals surface area contributed by atoms with Crippen LogP contribution in [0.3, 0.4) is 0 Å². The molecule has 0 aliphatic carbocycles. The van der Waals surface area contributed by atoms with Gasteiger partial charge in [-0.05, 0) is 26.0 Å². The van der Waals surface area contributed by atoms with Gasteiger partial charge in [0.15, 0.2) is 5.75 Å². The van der Waals surface area contributed by atoms with Crippen molar-refractivity contribution in [3.8, 4) is 5.75 Å². The Morgan fingerprint density at radius 3 is 2.56 bits per heavy atom. The number of hydrogen-bond donors (Lipinski definition) is 3. The van der Waals surface area contributed by atoms with Crippen molar-refractivity contribution in [1.82, 2.24) is 15.6 Å². The third-order valence-corrected chi connectivity index (χ3v) is 3.52. The first kappa shape index (κ1) is 18.4. The normalized spacial score (nSPS) is 11.7. The van der Waals surface area contributed by atoms with Crippen LogP contribution in [0.1, 0.15) is 46.5 Å². The summed E-state index contributed by atoms with van der Waals surface area (Å²) in [6, 6.07) is 4.51. The number of aromatic nitrogens is 1. The lowest BCUT2D eigenvalue weighted by Crippen LogP contribution is -2.23. The highest BCUT2D eigenvalue weighted by Crippen LogP contribution is 2.28. The number of benzene rings is 1. The summed E-state index contributed by atoms with van der Waals surface area (Å²) in [6.45, 7) is 3.74. The lowest BCUT2D eigenvalue weighted by molar-refractivity contribution is 0.0951. The molecule has 2 rings (SSSR count). The summed E-state index contributed by atoms with van der Waals surface area (Å²) in [5.41, 5.74) is 0.311. The van der Waals surface area contributed by atoms with E-state index in [1.54, 1.807) is 13.8 Å². The molecular weight excluding hydrogens is 332 g/mol. The SMILES string of the molecule is CCNC(=O)c1cc(OC(C)c2ccc(F)cc2F)c(C(=O)NC)[nH]1. The fourth-order valence-corrected chi connectivity index (χ4v) is 2.29. The van der Waals surface area contributed by atoms with Gasteiger partial charge in [0.25, 0.3) is 11.8 Å². The van der Waals surface area contributed by atoms with Gasteiger partial charge in [0.05, 0.1) is 0 Å². The molecule has 0 fully saturated rings. The maximum Gasteiger partial charge on any atom is 0.271 e. The third-order valence-electron chi connectivity index (χ3n) is 3.52. The molecule has 1 heterocycles. The quantitative estimate of drug-likeness (QED) is 0.748. The van der Waals surface area contributed by atoms with Gasteiger partial charge in [-0.2, -0.15) is 0 Å². The van der Waals surface area contributed by atoms with E-state index in [-0.39, 0.29) is 22.7 Å². The van der Waals surface area contributed by atoms with E-state index in [0.717, 1.165) is 12.1 Å². The van der Waals surface area contributed by atoms with E-state index in [1.165, 1.54) is 19.2 Å². The van der Waals surface area contributed by atoms with Crippen LogP contribution >= 0.6 is 0 Å². The average Bonchev–Trinajstić information content (AvgIpc) is 2.98. The molecule has 0 saturated carbocycles. The molecule has 0 bridgehead atoms. The molecule has 6 nitrogen and oxygen atoms in total. The van der Waals surface area contributed by atoms with Crippen LogP contribution in [0.2, 0.25) is 0 Å². The van der Waals surface area contributed by atoms with Crippen molar-refractivity contribution < 1.29 is 23.1 Å². The highest BCUT2D eigenvalue weighted by atomic mass is 19.1. The van der Waals surface area contributed by atoms with Gasteiger partial charge in [0.1, 0.15) is 29.1 Å². The lowest BCUT2D eigenvalue weighted by atomic mass is 10.1. The molecule has 0 aliphatic rings. The van der Waals surface area contributed by atoms with Crippen LogP contribution in [-0.2, 0) is 0 Å². The summed E-state index contributed by atoms with van der Waals surface area (Å²) >= 11 is 0. The molecular formula is C17H19F2N3O3. The molecule has 2 amide bonds. The highest BCUT2D eigenvalue weighted by Gasteiger charge is 2.22. The summed E-state index contributed by atoms with van der Waals surface area (Å²) < 4.78 is 32.6. The van der Waals surface area contributed by atoms with Crippen LogP contribution < -0.4 is 15.4 Å². The molecule has 0 radical (unpaired) electrons. The second-order valence-corrected chi connectivity index (χ2v) is 5.29. The smallest absolute Gasteiger partial charge is 0.271 e. The van der Waals surface area contributed by atoms with Gasteiger partial charge in [0, 0.05) is 31.3 Å². The molecule has 2 aromatic rings. The highest BCUT2D eigenvalue weighted by molar-refractivity contribution is 5.99. The molecule has 8 heteroatoms. The number of carbonyl (C=O) groups excluding carboxylic acids is 2. The standard InChI is InChI=1S/C17H19F2N3O3/c1-4-21-16(23)13-8-14(15(22-13)17(24)20-3)25-9(2)11-6-5-10(18)7-12(11)19/h5-9,22H,4H2,1-3H3,(H,20,24)(H,21,23). The molecule has 1 aromatic heterocycles. The van der Waals surface area contributed by atoms with Gasteiger partial charge in [0.2, 0.25) is 0 Å². The number of amides is 2. The Labute approximate surface area is 143 Å². The van der Waals surface area contributed by atoms with E-state index >= 15 is 0 Å². The predicted octanol–water partition coefficient (Wildman–Crippen LogP) is 2.54. The van der Waals surface area contributed by atoms with Crippen LogP contribution in [-0.4, -0.2) is 30.4 Å². The molecule has 0 aliphatic heterocycles. The summed E-state index contributed by atoms with van der Waals surface area (Å²) in [4.78, 5) is 26.6. The van der Waals surface area contributed by atoms with Gasteiger partial charge in [-0.25, -0.2) is 8.78 Å². The predicted molar refractivity (Wildman–Crippen MR) is 87.6 cm³/mol. The number of nitrogens with one attached hydrogen (secondary N) is 3. The van der Waals surface area contributed by atoms with E-state index in [9.17, 15) is 18.4 Å². The van der Waals surface area contributed by atoms with Crippen molar-refractivity contribution in [2.45, 2.75) is 20.0 Å². The second-order valence-electron chi connectivity index (χ2n) is 5.29. The minimum absolute atomic E-state index is 0.0399. The Morgan fingerprint density at radius 1 is 1.24 bits per heavy atom. The van der Waals surface area contributed by atoms with Crippen LogP contribution in [0, 0.1) is 11.6 Å². The molecule has 0 saturated heterocycles. The molecule has 0 spiro atoms. The maximum absolute atomic E-state index is 13.9. The number of aromatic amines is 1. The lowest BCUT2D eigenvalue weighted by Gasteiger charge is -2.15. The molecule has 1 unspecified atom stereocenters. The first-order valence-corrected chi connectivity index (χ1v) is 7.72. The summed E-state index contributed by atoms with van der Waals surface area (Å²) in [5.74, 6) is -2.24. The summed E-state index contributed by atoms with van der Waals surface area (Å²) in [5, 5.41) is 5.03. The number of hydrogen-bond acceptors (Lipinski definition) is 3. The van der Waals surface area contributed by atoms with Crippen LogP contribution in [0.25, 0.3) is 0 Å². The van der Waals surface area contributed by atoms with Gasteiger partial charge < -0.3 is 20.4 Å². The number of halogens is 2. The second kappa shape index (κ2) is 7.78. The van der Waals surface area contributed by atoms with Crippen LogP contribution in [0.4, 0.5) is 8.78 Å². The summed E-state index contributed by atoms with van der Waals surface area (Å²) in [7, 11) is 1.43. The molecule has 25 heavy (non-hydrogen) atoms. The Bertz CT molecular complexity index is 789. The van der Waals surface area contributed by atoms with Crippen molar-refractivity contribution in [3.05, 3.63) is 52.9 Å². The zero-order valence-electron chi connectivity index (χ0n) is 14.1. The van der Waals surface area contributed by atoms with Crippen molar-refractivity contribution in [2.24, 2.45) is 0 Å². The van der Waals surface area contributed by atoms with Crippen LogP contribution in [0.15, 0.2) is 24.3 Å². The van der Waals surface area contributed by atoms with Gasteiger partial charge in [-0.15, -0.1) is 0 Å². The third kappa shape index (κ3) is 4.14. The molecule has 3 N–H and O–H groups in total. The monoisotopic (exact) mass is 351 g/mol. The van der Waals surface area contributed by atoms with E-state index < -0.39 is 29.6 Å². The van der Waals surface area contributed by atoms with Gasteiger partial charge in [-0.1, -0.05) is 0 Å². The van der Waals surface area contributed by atoms with E-state index in [0.29, 0.717) is 6.54 Å². The van der Waals surface area contributed by atoms with Crippen molar-refractivity contribution in [3.63, 3.8) is 0 Å². The zero-order chi connectivity index (χ0) is 18.6. The number of ether oxygens (including phenoxy) is 1. The van der Waals surface area contributed by atoms with E-state index in [4.69, 9.17) is 4.74 Å². The number of carbonyl (C=O) groups is 2. The first-order valence-electron chi connectivity index (χ1n) is 7.72. The summed E-state index contributed by atoms with van der Waals surface area (Å²) in [6.07, 6.45) is -0.804. The number of H-pyrrole nitrogens is 1. The van der Waals surface area contributed by atoms with Crippen molar-refractivity contribution in [2.75, 3.05) is 13.6 Å². The molecule has 134 valence electrons. The largest absolute Gasteiger partial charge is 0.483 e. The zero-order valence-corrected chi connectivity index (χ0v) is 14.1. The fraction of sp³-hybridized carbons (Fsp3) is 0.294. The Hall–Kier alpha value is -2.90. The fourth-order valence-electron chi connectivity index (χ4n) is 2.29. The van der Waals surface area contributed by atoms with E-state index in [2.05, 4.69) is 15.6 Å². The van der Waals surface area contributed by atoms with Gasteiger partial charge in [-0.3, -0.25) is 9.59 Å². The first-order chi connectivity index (χ1) is 11.9. The maximum atomic E-state index is 13.9. The van der Waals surface area contributed by atoms with Crippen molar-refractivity contribution >= 4 is 11.8 Å². The van der Waals surface area contributed by atoms with Crippen molar-refractivity contribution in [1.29, 1.82) is 0 Å². The number of rotatable bonds is 6. The van der Waals surface area contributed by atoms with Crippen LogP contribution in [0.5, 0.6) is 5.75 Å². The Kier molecular flexibility index (Phi) is 5.74. The minimum Gasteiger partial charge on any atom is -0.483 e. The molecule has 1 atom stereocenters. The topological polar surface area (TPSA) is 83.2 Å². The van der Waals surface area contributed by atoms with E-state index in [1.807, 2.05) is 0 Å². The van der Waals surface area contributed by atoms with Gasteiger partial charge >= 0.3 is 0 Å². The Balaban J connectivity index is 2.33. The minimum atomic E-state index is -0.804.